The number of ether oxygens (including phenoxy) is 1. The van der Waals surface area contributed by atoms with E-state index in [2.05, 4.69) is 26.2 Å². The van der Waals surface area contributed by atoms with E-state index in [1.54, 1.807) is 4.68 Å². The van der Waals surface area contributed by atoms with Crippen molar-refractivity contribution in [3.05, 3.63) is 70.4 Å². The Hall–Kier alpha value is -3.68. The molecule has 8 heteroatoms. The molecule has 0 radical (unpaired) electrons. The quantitative estimate of drug-likeness (QED) is 0.650. The molecule has 4 rings (SSSR count). The van der Waals surface area contributed by atoms with Gasteiger partial charge in [-0.25, -0.2) is 0 Å². The summed E-state index contributed by atoms with van der Waals surface area (Å²) in [4.78, 5) is 13.5. The third-order valence-electron chi connectivity index (χ3n) is 5.36. The Morgan fingerprint density at radius 3 is 2.71 bits per heavy atom. The standard InChI is InChI=1S/C23H26N6O2/c1-13(2)31-18-10-7-9-17(12-18)21-20(16(5)24-23-26-27-28-29(21)23)22(30)25-19-11-6-8-14(3)15(19)4/h6-13,21H,1-5H3,(H,25,30)(H,24,26,28). The van der Waals surface area contributed by atoms with E-state index in [1.807, 2.05) is 77.1 Å². The average Bonchev–Trinajstić information content (AvgIpc) is 3.18. The van der Waals surface area contributed by atoms with E-state index in [4.69, 9.17) is 4.74 Å². The topological polar surface area (TPSA) is 94.0 Å². The Labute approximate surface area is 181 Å². The summed E-state index contributed by atoms with van der Waals surface area (Å²) in [6, 6.07) is 13.1. The molecule has 31 heavy (non-hydrogen) atoms. The SMILES string of the molecule is CC1=C(C(=O)Nc2cccc(C)c2C)C(c2cccc(OC(C)C)c2)n2nnnc2N1. The van der Waals surface area contributed by atoms with Crippen molar-refractivity contribution in [2.45, 2.75) is 46.8 Å². The molecule has 8 nitrogen and oxygen atoms in total. The second-order valence-corrected chi connectivity index (χ2v) is 7.95. The van der Waals surface area contributed by atoms with Crippen LogP contribution in [0.1, 0.15) is 43.5 Å². The number of fused-ring (bicyclic) bond motifs is 1. The molecule has 1 aromatic heterocycles. The third kappa shape index (κ3) is 4.01. The van der Waals surface area contributed by atoms with Crippen molar-refractivity contribution in [1.82, 2.24) is 20.2 Å². The lowest BCUT2D eigenvalue weighted by atomic mass is 9.94. The summed E-state index contributed by atoms with van der Waals surface area (Å²) in [5.41, 5.74) is 5.03. The predicted octanol–water partition coefficient (Wildman–Crippen LogP) is 4.00. The van der Waals surface area contributed by atoms with Crippen LogP contribution < -0.4 is 15.4 Å². The van der Waals surface area contributed by atoms with Gasteiger partial charge in [0.15, 0.2) is 0 Å². The number of aromatic nitrogens is 4. The van der Waals surface area contributed by atoms with Crippen molar-refractivity contribution in [1.29, 1.82) is 0 Å². The highest BCUT2D eigenvalue weighted by Gasteiger charge is 2.34. The van der Waals surface area contributed by atoms with Gasteiger partial charge in [-0.1, -0.05) is 29.4 Å². The summed E-state index contributed by atoms with van der Waals surface area (Å²) >= 11 is 0. The number of carbonyl (C=O) groups excluding carboxylic acids is 1. The van der Waals surface area contributed by atoms with Crippen LogP contribution in [0.3, 0.4) is 0 Å². The number of aryl methyl sites for hydroxylation is 1. The Bertz CT molecular complexity index is 1160. The molecule has 1 aliphatic heterocycles. The van der Waals surface area contributed by atoms with Crippen LogP contribution in [-0.2, 0) is 4.79 Å². The molecule has 0 bridgehead atoms. The van der Waals surface area contributed by atoms with Crippen LogP contribution in [0, 0.1) is 13.8 Å². The lowest BCUT2D eigenvalue weighted by Gasteiger charge is -2.28. The van der Waals surface area contributed by atoms with Crippen LogP contribution in [-0.4, -0.2) is 32.2 Å². The van der Waals surface area contributed by atoms with Crippen molar-refractivity contribution >= 4 is 17.5 Å². The molecule has 2 aromatic carbocycles. The van der Waals surface area contributed by atoms with Gasteiger partial charge in [-0.15, -0.1) is 0 Å². The highest BCUT2D eigenvalue weighted by atomic mass is 16.5. The van der Waals surface area contributed by atoms with E-state index < -0.39 is 6.04 Å². The maximum absolute atomic E-state index is 13.5. The molecule has 0 fully saturated rings. The van der Waals surface area contributed by atoms with Gasteiger partial charge in [0.1, 0.15) is 11.8 Å². The zero-order valence-electron chi connectivity index (χ0n) is 18.3. The molecule has 2 heterocycles. The van der Waals surface area contributed by atoms with Crippen molar-refractivity contribution in [2.75, 3.05) is 10.6 Å². The maximum atomic E-state index is 13.5. The number of anilines is 2. The highest BCUT2D eigenvalue weighted by molar-refractivity contribution is 6.06. The molecule has 0 spiro atoms. The first kappa shape index (κ1) is 20.6. The molecule has 1 atom stereocenters. The number of hydrogen-bond donors (Lipinski definition) is 2. The first-order valence-electron chi connectivity index (χ1n) is 10.2. The summed E-state index contributed by atoms with van der Waals surface area (Å²) < 4.78 is 7.49. The molecule has 160 valence electrons. The van der Waals surface area contributed by atoms with Crippen molar-refractivity contribution < 1.29 is 9.53 Å². The van der Waals surface area contributed by atoms with Gasteiger partial charge >= 0.3 is 0 Å². The molecular formula is C23H26N6O2. The van der Waals surface area contributed by atoms with Gasteiger partial charge in [0.25, 0.3) is 5.91 Å². The van der Waals surface area contributed by atoms with Gasteiger partial charge in [-0.2, -0.15) is 4.68 Å². The van der Waals surface area contributed by atoms with E-state index in [1.165, 1.54) is 0 Å². The molecule has 0 saturated carbocycles. The summed E-state index contributed by atoms with van der Waals surface area (Å²) in [5.74, 6) is 1.01. The summed E-state index contributed by atoms with van der Waals surface area (Å²) in [5, 5.41) is 18.2. The first-order valence-corrected chi connectivity index (χ1v) is 10.2. The van der Waals surface area contributed by atoms with Gasteiger partial charge < -0.3 is 15.4 Å². The number of benzene rings is 2. The van der Waals surface area contributed by atoms with Crippen LogP contribution in [0.2, 0.25) is 0 Å². The van der Waals surface area contributed by atoms with Gasteiger partial charge in [0.05, 0.1) is 11.7 Å². The molecule has 1 amide bonds. The minimum Gasteiger partial charge on any atom is -0.491 e. The smallest absolute Gasteiger partial charge is 0.255 e. The Kier molecular flexibility index (Phi) is 5.46. The lowest BCUT2D eigenvalue weighted by molar-refractivity contribution is -0.113. The maximum Gasteiger partial charge on any atom is 0.255 e. The van der Waals surface area contributed by atoms with Gasteiger partial charge in [0, 0.05) is 11.4 Å². The molecule has 0 saturated heterocycles. The Morgan fingerprint density at radius 2 is 1.94 bits per heavy atom. The molecular weight excluding hydrogens is 392 g/mol. The number of rotatable bonds is 5. The van der Waals surface area contributed by atoms with E-state index >= 15 is 0 Å². The molecule has 1 aliphatic rings. The molecule has 1 unspecified atom stereocenters. The van der Waals surface area contributed by atoms with E-state index in [0.29, 0.717) is 17.2 Å². The number of amides is 1. The molecule has 0 aliphatic carbocycles. The van der Waals surface area contributed by atoms with Crippen molar-refractivity contribution in [3.63, 3.8) is 0 Å². The number of carbonyl (C=O) groups is 1. The van der Waals surface area contributed by atoms with Crippen LogP contribution in [0.5, 0.6) is 5.75 Å². The molecule has 3 aromatic rings. The number of hydrogen-bond acceptors (Lipinski definition) is 6. The summed E-state index contributed by atoms with van der Waals surface area (Å²) in [7, 11) is 0. The fraction of sp³-hybridized carbons (Fsp3) is 0.304. The van der Waals surface area contributed by atoms with E-state index in [9.17, 15) is 4.79 Å². The zero-order chi connectivity index (χ0) is 22.1. The van der Waals surface area contributed by atoms with Crippen molar-refractivity contribution in [3.8, 4) is 5.75 Å². The van der Waals surface area contributed by atoms with Crippen molar-refractivity contribution in [2.24, 2.45) is 0 Å². The zero-order valence-corrected chi connectivity index (χ0v) is 18.3. The number of allylic oxidation sites excluding steroid dienone is 1. The van der Waals surface area contributed by atoms with E-state index in [0.717, 1.165) is 28.1 Å². The first-order chi connectivity index (χ1) is 14.8. The second kappa shape index (κ2) is 8.22. The molecule has 2 N–H and O–H groups in total. The minimum absolute atomic E-state index is 0.0382. The normalized spacial score (nSPS) is 15.5. The third-order valence-corrected chi connectivity index (χ3v) is 5.36. The van der Waals surface area contributed by atoms with Gasteiger partial charge in [0.2, 0.25) is 5.95 Å². The second-order valence-electron chi connectivity index (χ2n) is 7.95. The van der Waals surface area contributed by atoms with Crippen LogP contribution in [0.4, 0.5) is 11.6 Å². The number of nitrogens with one attached hydrogen (secondary N) is 2. The van der Waals surface area contributed by atoms with Crippen LogP contribution in [0.25, 0.3) is 0 Å². The largest absolute Gasteiger partial charge is 0.491 e. The van der Waals surface area contributed by atoms with E-state index in [-0.39, 0.29) is 12.0 Å². The van der Waals surface area contributed by atoms with Crippen LogP contribution >= 0.6 is 0 Å². The van der Waals surface area contributed by atoms with Crippen LogP contribution in [0.15, 0.2) is 53.7 Å². The fourth-order valence-electron chi connectivity index (χ4n) is 3.72. The van der Waals surface area contributed by atoms with Gasteiger partial charge in [-0.05, 0) is 79.9 Å². The Morgan fingerprint density at radius 1 is 1.16 bits per heavy atom. The number of tetrazole rings is 1. The van der Waals surface area contributed by atoms with Gasteiger partial charge in [-0.3, -0.25) is 4.79 Å². The highest BCUT2D eigenvalue weighted by Crippen LogP contribution is 2.36. The number of nitrogens with zero attached hydrogens (tertiary/aromatic N) is 4. The summed E-state index contributed by atoms with van der Waals surface area (Å²) in [6.07, 6.45) is 0.0382. The minimum atomic E-state index is -0.493. The Balaban J connectivity index is 1.76. The fourth-order valence-corrected chi connectivity index (χ4v) is 3.72. The monoisotopic (exact) mass is 418 g/mol. The predicted molar refractivity (Wildman–Crippen MR) is 119 cm³/mol. The lowest BCUT2D eigenvalue weighted by Crippen LogP contribution is -2.31. The average molecular weight is 419 g/mol. The summed E-state index contributed by atoms with van der Waals surface area (Å²) in [6.45, 7) is 9.83.